The summed E-state index contributed by atoms with van der Waals surface area (Å²) in [7, 11) is 0. The minimum Gasteiger partial charge on any atom is -0.480 e. The Labute approximate surface area is 131 Å². The summed E-state index contributed by atoms with van der Waals surface area (Å²) in [5.41, 5.74) is 3.02. The first-order valence-electron chi connectivity index (χ1n) is 6.73. The molecule has 6 heteroatoms. The normalized spacial score (nSPS) is 10.1. The zero-order valence-electron chi connectivity index (χ0n) is 12.7. The van der Waals surface area contributed by atoms with Crippen molar-refractivity contribution in [2.45, 2.75) is 27.2 Å². The third kappa shape index (κ3) is 7.11. The standard InChI is InChI=1S/C15H22N2O3.ClH/c1-4-7-17(10-15(19)20)9-14(18)16-13-6-5-11(2)12(3)8-13;/h5-6,8H,4,7,9-10H2,1-3H3,(H,16,18)(H,19,20);1H. The zero-order chi connectivity index (χ0) is 15.1. The van der Waals surface area contributed by atoms with Gasteiger partial charge in [0.1, 0.15) is 0 Å². The van der Waals surface area contributed by atoms with Crippen LogP contribution in [-0.4, -0.2) is 41.5 Å². The second-order valence-electron chi connectivity index (χ2n) is 4.95. The van der Waals surface area contributed by atoms with E-state index in [-0.39, 0.29) is 31.4 Å². The average Bonchev–Trinajstić information content (AvgIpc) is 2.33. The van der Waals surface area contributed by atoms with E-state index in [4.69, 9.17) is 5.11 Å². The molecule has 1 aromatic rings. The van der Waals surface area contributed by atoms with Gasteiger partial charge >= 0.3 is 5.97 Å². The Bertz CT molecular complexity index is 492. The fourth-order valence-electron chi connectivity index (χ4n) is 1.94. The third-order valence-corrected chi connectivity index (χ3v) is 3.06. The summed E-state index contributed by atoms with van der Waals surface area (Å²) in [6.45, 7) is 6.51. The summed E-state index contributed by atoms with van der Waals surface area (Å²) in [5.74, 6) is -1.11. The van der Waals surface area contributed by atoms with Crippen molar-refractivity contribution in [2.75, 3.05) is 25.0 Å². The lowest BCUT2D eigenvalue weighted by Gasteiger charge is -2.18. The van der Waals surface area contributed by atoms with E-state index in [2.05, 4.69) is 5.32 Å². The summed E-state index contributed by atoms with van der Waals surface area (Å²) in [5, 5.41) is 11.6. The van der Waals surface area contributed by atoms with Crippen molar-refractivity contribution in [1.82, 2.24) is 4.90 Å². The third-order valence-electron chi connectivity index (χ3n) is 3.06. The van der Waals surface area contributed by atoms with Crippen LogP contribution in [0.1, 0.15) is 24.5 Å². The average molecular weight is 315 g/mol. The molecule has 0 aliphatic carbocycles. The molecule has 0 saturated heterocycles. The Morgan fingerprint density at radius 2 is 1.86 bits per heavy atom. The van der Waals surface area contributed by atoms with Gasteiger partial charge in [0.25, 0.3) is 0 Å². The molecule has 0 aliphatic heterocycles. The Hall–Kier alpha value is -1.59. The number of benzene rings is 1. The van der Waals surface area contributed by atoms with Crippen molar-refractivity contribution in [3.05, 3.63) is 29.3 Å². The highest BCUT2D eigenvalue weighted by atomic mass is 35.5. The second kappa shape index (κ2) is 9.37. The fraction of sp³-hybridized carbons (Fsp3) is 0.467. The molecule has 0 spiro atoms. The smallest absolute Gasteiger partial charge is 0.317 e. The molecule has 1 amide bonds. The van der Waals surface area contributed by atoms with E-state index in [9.17, 15) is 9.59 Å². The van der Waals surface area contributed by atoms with Crippen LogP contribution in [0.25, 0.3) is 0 Å². The van der Waals surface area contributed by atoms with Crippen LogP contribution < -0.4 is 5.32 Å². The number of halogens is 1. The van der Waals surface area contributed by atoms with Crippen LogP contribution in [0.2, 0.25) is 0 Å². The number of nitrogens with zero attached hydrogens (tertiary/aromatic N) is 1. The maximum absolute atomic E-state index is 11.9. The van der Waals surface area contributed by atoms with E-state index in [1.54, 1.807) is 4.90 Å². The minimum atomic E-state index is -0.919. The van der Waals surface area contributed by atoms with E-state index < -0.39 is 5.97 Å². The molecule has 0 heterocycles. The van der Waals surface area contributed by atoms with Gasteiger partial charge in [0.05, 0.1) is 13.1 Å². The molecule has 0 unspecified atom stereocenters. The van der Waals surface area contributed by atoms with Crippen molar-refractivity contribution in [3.8, 4) is 0 Å². The molecule has 0 atom stereocenters. The lowest BCUT2D eigenvalue weighted by atomic mass is 10.1. The Morgan fingerprint density at radius 1 is 1.19 bits per heavy atom. The van der Waals surface area contributed by atoms with Crippen molar-refractivity contribution in [1.29, 1.82) is 0 Å². The van der Waals surface area contributed by atoms with Gasteiger partial charge in [-0.2, -0.15) is 0 Å². The topological polar surface area (TPSA) is 69.6 Å². The number of rotatable bonds is 7. The lowest BCUT2D eigenvalue weighted by Crippen LogP contribution is -2.37. The van der Waals surface area contributed by atoms with Crippen LogP contribution in [0, 0.1) is 13.8 Å². The zero-order valence-corrected chi connectivity index (χ0v) is 13.5. The van der Waals surface area contributed by atoms with Crippen molar-refractivity contribution >= 4 is 30.0 Å². The van der Waals surface area contributed by atoms with E-state index in [0.29, 0.717) is 6.54 Å². The summed E-state index contributed by atoms with van der Waals surface area (Å²) >= 11 is 0. The first-order valence-corrected chi connectivity index (χ1v) is 6.73. The maximum Gasteiger partial charge on any atom is 0.317 e. The molecule has 0 aliphatic rings. The quantitative estimate of drug-likeness (QED) is 0.811. The summed E-state index contributed by atoms with van der Waals surface area (Å²) < 4.78 is 0. The summed E-state index contributed by atoms with van der Waals surface area (Å²) in [6, 6.07) is 5.71. The highest BCUT2D eigenvalue weighted by molar-refractivity contribution is 5.92. The van der Waals surface area contributed by atoms with E-state index in [0.717, 1.165) is 17.7 Å². The predicted octanol–water partition coefficient (Wildman–Crippen LogP) is 2.46. The highest BCUT2D eigenvalue weighted by Crippen LogP contribution is 2.14. The van der Waals surface area contributed by atoms with Gasteiger partial charge in [-0.1, -0.05) is 13.0 Å². The largest absolute Gasteiger partial charge is 0.480 e. The van der Waals surface area contributed by atoms with Gasteiger partial charge in [-0.25, -0.2) is 0 Å². The molecule has 0 bridgehead atoms. The molecule has 21 heavy (non-hydrogen) atoms. The molecule has 2 N–H and O–H groups in total. The van der Waals surface area contributed by atoms with E-state index >= 15 is 0 Å². The number of aryl methyl sites for hydroxylation is 2. The van der Waals surface area contributed by atoms with Crippen LogP contribution in [0.5, 0.6) is 0 Å². The van der Waals surface area contributed by atoms with Crippen molar-refractivity contribution < 1.29 is 14.7 Å². The molecule has 1 rings (SSSR count). The first-order chi connectivity index (χ1) is 9.42. The molecule has 118 valence electrons. The van der Waals surface area contributed by atoms with Crippen LogP contribution in [0.4, 0.5) is 5.69 Å². The SMILES string of the molecule is CCCN(CC(=O)O)CC(=O)Nc1ccc(C)c(C)c1.Cl. The number of carboxylic acids is 1. The fourth-order valence-corrected chi connectivity index (χ4v) is 1.94. The second-order valence-corrected chi connectivity index (χ2v) is 4.95. The number of amides is 1. The van der Waals surface area contributed by atoms with Gasteiger partial charge in [0, 0.05) is 5.69 Å². The van der Waals surface area contributed by atoms with Gasteiger partial charge in [-0.05, 0) is 50.1 Å². The number of hydrogen-bond acceptors (Lipinski definition) is 3. The molecule has 0 saturated carbocycles. The predicted molar refractivity (Wildman–Crippen MR) is 86.2 cm³/mol. The Kier molecular flexibility index (Phi) is 8.66. The van der Waals surface area contributed by atoms with Crippen molar-refractivity contribution in [2.24, 2.45) is 0 Å². The summed E-state index contributed by atoms with van der Waals surface area (Å²) in [6.07, 6.45) is 0.810. The van der Waals surface area contributed by atoms with Crippen LogP contribution in [-0.2, 0) is 9.59 Å². The van der Waals surface area contributed by atoms with Crippen LogP contribution >= 0.6 is 12.4 Å². The number of hydrogen-bond donors (Lipinski definition) is 2. The number of aliphatic carboxylic acids is 1. The van der Waals surface area contributed by atoms with Gasteiger partial charge in [-0.3, -0.25) is 14.5 Å². The minimum absolute atomic E-state index is 0. The van der Waals surface area contributed by atoms with Crippen LogP contribution in [0.15, 0.2) is 18.2 Å². The highest BCUT2D eigenvalue weighted by Gasteiger charge is 2.13. The molecule has 5 nitrogen and oxygen atoms in total. The molecule has 0 radical (unpaired) electrons. The molecular weight excluding hydrogens is 292 g/mol. The van der Waals surface area contributed by atoms with E-state index in [1.165, 1.54) is 5.56 Å². The molecule has 0 fully saturated rings. The number of carboxylic acid groups (broad SMARTS) is 1. The Balaban J connectivity index is 0.00000400. The van der Waals surface area contributed by atoms with Gasteiger partial charge in [-0.15, -0.1) is 12.4 Å². The van der Waals surface area contributed by atoms with Gasteiger partial charge in [0.15, 0.2) is 0 Å². The van der Waals surface area contributed by atoms with Crippen LogP contribution in [0.3, 0.4) is 0 Å². The molecule has 1 aromatic carbocycles. The maximum atomic E-state index is 11.9. The number of carbonyl (C=O) groups excluding carboxylic acids is 1. The molecule has 0 aromatic heterocycles. The number of nitrogens with one attached hydrogen (secondary N) is 1. The number of carbonyl (C=O) groups is 2. The van der Waals surface area contributed by atoms with Crippen molar-refractivity contribution in [3.63, 3.8) is 0 Å². The lowest BCUT2D eigenvalue weighted by molar-refractivity contribution is -0.138. The summed E-state index contributed by atoms with van der Waals surface area (Å²) in [4.78, 5) is 24.3. The molecular formula is C15H23ClN2O3. The van der Waals surface area contributed by atoms with E-state index in [1.807, 2.05) is 39.0 Å². The monoisotopic (exact) mass is 314 g/mol. The van der Waals surface area contributed by atoms with Gasteiger partial charge in [0.2, 0.25) is 5.91 Å². The number of anilines is 1. The first kappa shape index (κ1) is 19.4. The Morgan fingerprint density at radius 3 is 2.38 bits per heavy atom. The van der Waals surface area contributed by atoms with Gasteiger partial charge < -0.3 is 10.4 Å².